The first kappa shape index (κ1) is 13.0. The van der Waals surface area contributed by atoms with Crippen LogP contribution in [-0.2, 0) is 6.54 Å². The van der Waals surface area contributed by atoms with Crippen molar-refractivity contribution in [2.24, 2.45) is 5.73 Å². The van der Waals surface area contributed by atoms with Gasteiger partial charge in [0.05, 0.1) is 0 Å². The van der Waals surface area contributed by atoms with Gasteiger partial charge < -0.3 is 11.1 Å². The standard InChI is InChI=1S/C14H12F2N2O/c15-12-5-2-6-13(16)11(12)8-18-10-4-1-3-9(7-10)14(17)19/h1-7,18H,8H2,(H2,17,19). The molecule has 0 unspecified atom stereocenters. The van der Waals surface area contributed by atoms with Crippen molar-refractivity contribution in [3.05, 3.63) is 65.2 Å². The molecule has 0 aliphatic rings. The van der Waals surface area contributed by atoms with Crippen molar-refractivity contribution in [1.82, 2.24) is 0 Å². The normalized spacial score (nSPS) is 10.2. The predicted octanol–water partition coefficient (Wildman–Crippen LogP) is 2.68. The zero-order valence-corrected chi connectivity index (χ0v) is 9.99. The number of halogens is 2. The van der Waals surface area contributed by atoms with Gasteiger partial charge in [-0.1, -0.05) is 12.1 Å². The van der Waals surface area contributed by atoms with Crippen LogP contribution in [0.15, 0.2) is 42.5 Å². The number of amides is 1. The minimum absolute atomic E-state index is 0.0132. The molecule has 0 aliphatic heterocycles. The summed E-state index contributed by atoms with van der Waals surface area (Å²) in [5.74, 6) is -1.78. The second-order valence-corrected chi connectivity index (χ2v) is 4.00. The summed E-state index contributed by atoms with van der Waals surface area (Å²) >= 11 is 0. The number of hydrogen-bond donors (Lipinski definition) is 2. The van der Waals surface area contributed by atoms with E-state index in [1.165, 1.54) is 24.3 Å². The summed E-state index contributed by atoms with van der Waals surface area (Å²) in [6.45, 7) is -0.0132. The van der Waals surface area contributed by atoms with E-state index in [0.717, 1.165) is 0 Å². The highest BCUT2D eigenvalue weighted by Gasteiger charge is 2.08. The van der Waals surface area contributed by atoms with Gasteiger partial charge in [-0.15, -0.1) is 0 Å². The van der Waals surface area contributed by atoms with E-state index in [1.54, 1.807) is 18.2 Å². The van der Waals surface area contributed by atoms with E-state index < -0.39 is 17.5 Å². The van der Waals surface area contributed by atoms with Gasteiger partial charge in [0.2, 0.25) is 5.91 Å². The van der Waals surface area contributed by atoms with Crippen molar-refractivity contribution in [2.45, 2.75) is 6.54 Å². The van der Waals surface area contributed by atoms with Gasteiger partial charge in [0, 0.05) is 23.4 Å². The number of primary amides is 1. The fourth-order valence-electron chi connectivity index (χ4n) is 1.67. The Bertz CT molecular complexity index is 594. The van der Waals surface area contributed by atoms with E-state index in [2.05, 4.69) is 5.32 Å². The Labute approximate surface area is 109 Å². The van der Waals surface area contributed by atoms with Crippen LogP contribution >= 0.6 is 0 Å². The molecule has 0 bridgehead atoms. The first-order chi connectivity index (χ1) is 9.08. The third-order valence-corrected chi connectivity index (χ3v) is 2.68. The van der Waals surface area contributed by atoms with Gasteiger partial charge in [0.25, 0.3) is 0 Å². The maximum atomic E-state index is 13.4. The Morgan fingerprint density at radius 3 is 2.37 bits per heavy atom. The van der Waals surface area contributed by atoms with E-state index in [4.69, 9.17) is 5.73 Å². The number of carbonyl (C=O) groups is 1. The van der Waals surface area contributed by atoms with Gasteiger partial charge in [0.15, 0.2) is 0 Å². The molecule has 0 aromatic heterocycles. The smallest absolute Gasteiger partial charge is 0.248 e. The maximum Gasteiger partial charge on any atom is 0.248 e. The van der Waals surface area contributed by atoms with Crippen LogP contribution in [0.4, 0.5) is 14.5 Å². The Kier molecular flexibility index (Phi) is 3.75. The lowest BCUT2D eigenvalue weighted by molar-refractivity contribution is 0.100. The number of carbonyl (C=O) groups excluding carboxylic acids is 1. The maximum absolute atomic E-state index is 13.4. The summed E-state index contributed by atoms with van der Waals surface area (Å²) in [6.07, 6.45) is 0. The fourth-order valence-corrected chi connectivity index (χ4v) is 1.67. The van der Waals surface area contributed by atoms with Crippen LogP contribution in [0.25, 0.3) is 0 Å². The molecule has 3 N–H and O–H groups in total. The van der Waals surface area contributed by atoms with Gasteiger partial charge >= 0.3 is 0 Å². The largest absolute Gasteiger partial charge is 0.381 e. The van der Waals surface area contributed by atoms with E-state index in [1.807, 2.05) is 0 Å². The predicted molar refractivity (Wildman–Crippen MR) is 68.6 cm³/mol. The van der Waals surface area contributed by atoms with Crippen molar-refractivity contribution in [1.29, 1.82) is 0 Å². The first-order valence-corrected chi connectivity index (χ1v) is 5.64. The molecule has 0 aliphatic carbocycles. The first-order valence-electron chi connectivity index (χ1n) is 5.64. The molecule has 2 rings (SSSR count). The Balaban J connectivity index is 2.15. The lowest BCUT2D eigenvalue weighted by Gasteiger charge is -2.09. The van der Waals surface area contributed by atoms with Crippen molar-refractivity contribution >= 4 is 11.6 Å². The minimum atomic E-state index is -0.612. The molecular weight excluding hydrogens is 250 g/mol. The lowest BCUT2D eigenvalue weighted by Crippen LogP contribution is -2.11. The van der Waals surface area contributed by atoms with Crippen LogP contribution in [0.1, 0.15) is 15.9 Å². The van der Waals surface area contributed by atoms with Gasteiger partial charge in [0.1, 0.15) is 11.6 Å². The molecule has 2 aromatic rings. The van der Waals surface area contributed by atoms with Crippen LogP contribution in [0.2, 0.25) is 0 Å². The number of nitrogens with one attached hydrogen (secondary N) is 1. The molecule has 0 heterocycles. The summed E-state index contributed by atoms with van der Waals surface area (Å²) in [7, 11) is 0. The van der Waals surface area contributed by atoms with Crippen molar-refractivity contribution < 1.29 is 13.6 Å². The molecule has 98 valence electrons. The SMILES string of the molecule is NC(=O)c1cccc(NCc2c(F)cccc2F)c1. The quantitative estimate of drug-likeness (QED) is 0.890. The third-order valence-electron chi connectivity index (χ3n) is 2.68. The molecule has 19 heavy (non-hydrogen) atoms. The lowest BCUT2D eigenvalue weighted by atomic mass is 10.1. The summed E-state index contributed by atoms with van der Waals surface area (Å²) in [4.78, 5) is 11.0. The molecule has 0 saturated carbocycles. The number of benzene rings is 2. The summed E-state index contributed by atoms with van der Waals surface area (Å²) < 4.78 is 26.8. The topological polar surface area (TPSA) is 55.1 Å². The molecule has 3 nitrogen and oxygen atoms in total. The average molecular weight is 262 g/mol. The molecule has 0 fully saturated rings. The van der Waals surface area contributed by atoms with Crippen molar-refractivity contribution in [2.75, 3.05) is 5.32 Å². The average Bonchev–Trinajstić information content (AvgIpc) is 2.38. The van der Waals surface area contributed by atoms with Gasteiger partial charge in [-0.3, -0.25) is 4.79 Å². The van der Waals surface area contributed by atoms with E-state index in [0.29, 0.717) is 11.3 Å². The molecule has 2 aromatic carbocycles. The number of rotatable bonds is 4. The van der Waals surface area contributed by atoms with E-state index in [9.17, 15) is 13.6 Å². The van der Waals surface area contributed by atoms with Crippen LogP contribution in [0.3, 0.4) is 0 Å². The van der Waals surface area contributed by atoms with Gasteiger partial charge in [-0.2, -0.15) is 0 Å². The molecule has 0 spiro atoms. The monoisotopic (exact) mass is 262 g/mol. The van der Waals surface area contributed by atoms with Crippen molar-refractivity contribution in [3.63, 3.8) is 0 Å². The Hall–Kier alpha value is -2.43. The number of hydrogen-bond acceptors (Lipinski definition) is 2. The van der Waals surface area contributed by atoms with E-state index >= 15 is 0 Å². The van der Waals surface area contributed by atoms with Gasteiger partial charge in [-0.05, 0) is 30.3 Å². The van der Waals surface area contributed by atoms with Crippen LogP contribution in [0, 0.1) is 11.6 Å². The third kappa shape index (κ3) is 3.07. The zero-order valence-electron chi connectivity index (χ0n) is 9.99. The Morgan fingerprint density at radius 2 is 1.74 bits per heavy atom. The Morgan fingerprint density at radius 1 is 1.11 bits per heavy atom. The molecule has 1 amide bonds. The highest BCUT2D eigenvalue weighted by molar-refractivity contribution is 5.93. The highest BCUT2D eigenvalue weighted by Crippen LogP contribution is 2.16. The molecule has 5 heteroatoms. The summed E-state index contributed by atoms with van der Waals surface area (Å²) in [5.41, 5.74) is 6.00. The van der Waals surface area contributed by atoms with Crippen molar-refractivity contribution in [3.8, 4) is 0 Å². The zero-order chi connectivity index (χ0) is 13.8. The number of nitrogens with two attached hydrogens (primary N) is 1. The summed E-state index contributed by atoms with van der Waals surface area (Å²) in [6, 6.07) is 10.1. The molecule has 0 radical (unpaired) electrons. The molecule has 0 atom stereocenters. The molecular formula is C14H12F2N2O. The van der Waals surface area contributed by atoms with Crippen LogP contribution < -0.4 is 11.1 Å². The molecule has 0 saturated heterocycles. The second-order valence-electron chi connectivity index (χ2n) is 4.00. The van der Waals surface area contributed by atoms with Crippen LogP contribution in [-0.4, -0.2) is 5.91 Å². The van der Waals surface area contributed by atoms with Gasteiger partial charge in [-0.25, -0.2) is 8.78 Å². The fraction of sp³-hybridized carbons (Fsp3) is 0.0714. The highest BCUT2D eigenvalue weighted by atomic mass is 19.1. The van der Waals surface area contributed by atoms with Crippen LogP contribution in [0.5, 0.6) is 0 Å². The minimum Gasteiger partial charge on any atom is -0.381 e. The second kappa shape index (κ2) is 5.48. The number of anilines is 1. The van der Waals surface area contributed by atoms with E-state index in [-0.39, 0.29) is 12.1 Å². The summed E-state index contributed by atoms with van der Waals surface area (Å²) in [5, 5.41) is 2.85.